The first-order valence-electron chi connectivity index (χ1n) is 11.8. The topological polar surface area (TPSA) is 53.0 Å². The van der Waals surface area contributed by atoms with Crippen molar-refractivity contribution < 1.29 is 27.8 Å². The van der Waals surface area contributed by atoms with Crippen molar-refractivity contribution in [3.05, 3.63) is 64.2 Å². The number of ether oxygens (including phenoxy) is 1. The van der Waals surface area contributed by atoms with Crippen molar-refractivity contribution in [2.45, 2.75) is 51.4 Å². The Balaban J connectivity index is 1.47. The fourth-order valence-corrected chi connectivity index (χ4v) is 5.24. The first kappa shape index (κ1) is 24.5. The molecule has 1 N–H and O–H groups in total. The minimum atomic E-state index is -4.41. The Morgan fingerprint density at radius 2 is 1.79 bits per heavy atom. The smallest absolute Gasteiger partial charge is 0.416 e. The van der Waals surface area contributed by atoms with Gasteiger partial charge in [0.25, 0.3) is 5.91 Å². The molecule has 2 aromatic rings. The van der Waals surface area contributed by atoms with Gasteiger partial charge in [0.05, 0.1) is 12.2 Å². The summed E-state index contributed by atoms with van der Waals surface area (Å²) in [5.74, 6) is 0.572. The van der Waals surface area contributed by atoms with E-state index < -0.39 is 11.7 Å². The summed E-state index contributed by atoms with van der Waals surface area (Å²) < 4.78 is 44.2. The lowest BCUT2D eigenvalue weighted by atomic mass is 9.86. The maximum Gasteiger partial charge on any atom is 0.416 e. The van der Waals surface area contributed by atoms with Gasteiger partial charge in [-0.2, -0.15) is 13.2 Å². The van der Waals surface area contributed by atoms with Crippen LogP contribution in [0.15, 0.2) is 36.4 Å². The Morgan fingerprint density at radius 1 is 1.06 bits per heavy atom. The van der Waals surface area contributed by atoms with E-state index in [1.807, 2.05) is 13.0 Å². The molecule has 2 atom stereocenters. The van der Waals surface area contributed by atoms with E-state index in [4.69, 9.17) is 9.84 Å². The maximum absolute atomic E-state index is 13.0. The summed E-state index contributed by atoms with van der Waals surface area (Å²) in [5.41, 5.74) is 3.07. The molecule has 5 nitrogen and oxygen atoms in total. The molecule has 8 heteroatoms. The Morgan fingerprint density at radius 3 is 2.47 bits per heavy atom. The van der Waals surface area contributed by atoms with Crippen LogP contribution in [0.3, 0.4) is 0 Å². The molecule has 0 spiro atoms. The van der Waals surface area contributed by atoms with Crippen LogP contribution in [0.4, 0.5) is 13.2 Å². The maximum atomic E-state index is 13.0. The van der Waals surface area contributed by atoms with E-state index >= 15 is 0 Å². The number of carbonyl (C=O) groups excluding carboxylic acids is 1. The van der Waals surface area contributed by atoms with Crippen LogP contribution in [0.25, 0.3) is 0 Å². The van der Waals surface area contributed by atoms with Gasteiger partial charge in [-0.05, 0) is 80.1 Å². The minimum absolute atomic E-state index is 0.0278. The number of hydrogen-bond donors (Lipinski definition) is 1. The van der Waals surface area contributed by atoms with Crippen molar-refractivity contribution in [3.8, 4) is 5.75 Å². The third-order valence-corrected chi connectivity index (χ3v) is 7.18. The van der Waals surface area contributed by atoms with Gasteiger partial charge in [0, 0.05) is 37.3 Å². The highest BCUT2D eigenvalue weighted by Crippen LogP contribution is 2.39. The second kappa shape index (κ2) is 9.96. The van der Waals surface area contributed by atoms with Crippen molar-refractivity contribution in [1.29, 1.82) is 0 Å². The number of carbonyl (C=O) groups is 1. The summed E-state index contributed by atoms with van der Waals surface area (Å²) in [6, 6.07) is 9.05. The molecule has 1 unspecified atom stereocenters. The second-order valence-electron chi connectivity index (χ2n) is 9.14. The average Bonchev–Trinajstić information content (AvgIpc) is 2.83. The zero-order valence-electron chi connectivity index (χ0n) is 19.6. The van der Waals surface area contributed by atoms with E-state index in [-0.39, 0.29) is 31.2 Å². The standard InChI is InChI=1S/C26H31F3N2O3/c1-17-18(2)24(34-15-14-32)11-10-22(17)23-5-3-4-21-16-30(12-13-31(21)23)25(33)19-6-8-20(9-7-19)26(27,28)29/h6-11,21,23,32H,3-5,12-16H2,1-2H3/t21-,23?/m0/s1. The quantitative estimate of drug-likeness (QED) is 0.677. The van der Waals surface area contributed by atoms with Crippen molar-refractivity contribution >= 4 is 5.91 Å². The van der Waals surface area contributed by atoms with E-state index in [1.165, 1.54) is 23.3 Å². The first-order valence-corrected chi connectivity index (χ1v) is 11.8. The predicted molar refractivity (Wildman–Crippen MR) is 123 cm³/mol. The number of benzene rings is 2. The summed E-state index contributed by atoms with van der Waals surface area (Å²) in [6.45, 7) is 6.22. The van der Waals surface area contributed by atoms with Crippen LogP contribution in [0.2, 0.25) is 0 Å². The van der Waals surface area contributed by atoms with Crippen LogP contribution < -0.4 is 4.74 Å². The Labute approximate surface area is 198 Å². The number of piperidine rings is 1. The molecular formula is C26H31F3N2O3. The third kappa shape index (κ3) is 4.93. The van der Waals surface area contributed by atoms with Gasteiger partial charge >= 0.3 is 6.18 Å². The van der Waals surface area contributed by atoms with Gasteiger partial charge < -0.3 is 14.7 Å². The fraction of sp³-hybridized carbons (Fsp3) is 0.500. The molecule has 2 aromatic carbocycles. The molecule has 184 valence electrons. The molecule has 0 saturated carbocycles. The lowest BCUT2D eigenvalue weighted by Crippen LogP contribution is -2.57. The van der Waals surface area contributed by atoms with Gasteiger partial charge in [-0.1, -0.05) is 6.07 Å². The SMILES string of the molecule is Cc1c(OCCO)ccc(C2CCC[C@H]3CN(C(=O)c4ccc(C(F)(F)F)cc4)CCN23)c1C. The van der Waals surface area contributed by atoms with Crippen LogP contribution in [-0.2, 0) is 6.18 Å². The van der Waals surface area contributed by atoms with Gasteiger partial charge in [0.1, 0.15) is 12.4 Å². The van der Waals surface area contributed by atoms with Crippen LogP contribution >= 0.6 is 0 Å². The van der Waals surface area contributed by atoms with Crippen LogP contribution in [0.1, 0.15) is 57.9 Å². The van der Waals surface area contributed by atoms with E-state index in [1.54, 1.807) is 4.90 Å². The van der Waals surface area contributed by atoms with E-state index in [0.717, 1.165) is 49.3 Å². The molecule has 2 heterocycles. The number of aliphatic hydroxyl groups excluding tert-OH is 1. The number of piperazine rings is 1. The molecule has 0 radical (unpaired) electrons. The van der Waals surface area contributed by atoms with Crippen molar-refractivity contribution in [2.24, 2.45) is 0 Å². The Kier molecular flexibility index (Phi) is 7.19. The van der Waals surface area contributed by atoms with E-state index in [9.17, 15) is 18.0 Å². The highest BCUT2D eigenvalue weighted by Gasteiger charge is 2.38. The molecule has 0 aromatic heterocycles. The van der Waals surface area contributed by atoms with Crippen molar-refractivity contribution in [1.82, 2.24) is 9.80 Å². The van der Waals surface area contributed by atoms with Crippen molar-refractivity contribution in [2.75, 3.05) is 32.8 Å². The van der Waals surface area contributed by atoms with Crippen molar-refractivity contribution in [3.63, 3.8) is 0 Å². The van der Waals surface area contributed by atoms with Gasteiger partial charge in [0.2, 0.25) is 0 Å². The monoisotopic (exact) mass is 476 g/mol. The highest BCUT2D eigenvalue weighted by molar-refractivity contribution is 5.94. The number of alkyl halides is 3. The van der Waals surface area contributed by atoms with Crippen LogP contribution in [0.5, 0.6) is 5.75 Å². The fourth-order valence-electron chi connectivity index (χ4n) is 5.24. The molecule has 1 amide bonds. The van der Waals surface area contributed by atoms with Crippen LogP contribution in [0, 0.1) is 13.8 Å². The van der Waals surface area contributed by atoms with E-state index in [0.29, 0.717) is 18.7 Å². The normalized spacial score (nSPS) is 21.3. The number of fused-ring (bicyclic) bond motifs is 1. The number of nitrogens with zero attached hydrogens (tertiary/aromatic N) is 2. The Hall–Kier alpha value is -2.58. The summed E-state index contributed by atoms with van der Waals surface area (Å²) in [4.78, 5) is 17.3. The zero-order valence-corrected chi connectivity index (χ0v) is 19.6. The number of aliphatic hydroxyl groups is 1. The lowest BCUT2D eigenvalue weighted by molar-refractivity contribution is -0.137. The van der Waals surface area contributed by atoms with Crippen LogP contribution in [-0.4, -0.2) is 59.7 Å². The Bertz CT molecular complexity index is 1020. The summed E-state index contributed by atoms with van der Waals surface area (Å²) >= 11 is 0. The molecule has 2 aliphatic heterocycles. The summed E-state index contributed by atoms with van der Waals surface area (Å²) in [7, 11) is 0. The van der Waals surface area contributed by atoms with Gasteiger partial charge in [-0.3, -0.25) is 9.69 Å². The molecule has 2 aliphatic rings. The highest BCUT2D eigenvalue weighted by atomic mass is 19.4. The third-order valence-electron chi connectivity index (χ3n) is 7.18. The number of hydrogen-bond acceptors (Lipinski definition) is 4. The predicted octanol–water partition coefficient (Wildman–Crippen LogP) is 4.74. The molecule has 0 aliphatic carbocycles. The van der Waals surface area contributed by atoms with Gasteiger partial charge in [-0.15, -0.1) is 0 Å². The summed E-state index contributed by atoms with van der Waals surface area (Å²) in [6.07, 6.45) is -1.33. The lowest BCUT2D eigenvalue weighted by Gasteiger charge is -2.48. The first-order chi connectivity index (χ1) is 16.2. The number of halogens is 3. The van der Waals surface area contributed by atoms with E-state index in [2.05, 4.69) is 17.9 Å². The molecular weight excluding hydrogens is 445 g/mol. The molecule has 34 heavy (non-hydrogen) atoms. The average molecular weight is 477 g/mol. The minimum Gasteiger partial charge on any atom is -0.491 e. The molecule has 2 saturated heterocycles. The summed E-state index contributed by atoms with van der Waals surface area (Å²) in [5, 5.41) is 9.05. The molecule has 4 rings (SSSR count). The number of amides is 1. The second-order valence-corrected chi connectivity index (χ2v) is 9.14. The largest absolute Gasteiger partial charge is 0.491 e. The van der Waals surface area contributed by atoms with Gasteiger partial charge in [0.15, 0.2) is 0 Å². The molecule has 0 bridgehead atoms. The zero-order chi connectivity index (χ0) is 24.5. The number of rotatable bonds is 5. The van der Waals surface area contributed by atoms with Gasteiger partial charge in [-0.25, -0.2) is 0 Å². The molecule has 2 fully saturated rings.